The van der Waals surface area contributed by atoms with Crippen molar-refractivity contribution in [2.75, 3.05) is 12.0 Å². The predicted octanol–water partition coefficient (Wildman–Crippen LogP) is 4.49. The standard InChI is InChI=1S/C20H21FN2OS2/c1-13-4-5-15(10-14(13)2)11-19(24)22-20-23(8-9-25-3)17-7-6-16(21)12-18(17)26-20/h4-7,10,12H,8-9,11H2,1-3H3. The molecule has 0 radical (unpaired) electrons. The molecule has 0 atom stereocenters. The van der Waals surface area contributed by atoms with Gasteiger partial charge in [-0.05, 0) is 55.0 Å². The van der Waals surface area contributed by atoms with E-state index in [1.54, 1.807) is 17.8 Å². The van der Waals surface area contributed by atoms with Crippen LogP contribution in [0.4, 0.5) is 4.39 Å². The van der Waals surface area contributed by atoms with Crippen LogP contribution in [0.5, 0.6) is 0 Å². The van der Waals surface area contributed by atoms with Crippen molar-refractivity contribution in [2.24, 2.45) is 4.99 Å². The van der Waals surface area contributed by atoms with Gasteiger partial charge >= 0.3 is 0 Å². The third-order valence-electron chi connectivity index (χ3n) is 4.31. The first-order valence-corrected chi connectivity index (χ1v) is 10.6. The largest absolute Gasteiger partial charge is 0.316 e. The normalized spacial score (nSPS) is 12.1. The number of nitrogens with zero attached hydrogens (tertiary/aromatic N) is 2. The molecular weight excluding hydrogens is 367 g/mol. The van der Waals surface area contributed by atoms with Gasteiger partial charge < -0.3 is 4.57 Å². The molecule has 1 aromatic heterocycles. The van der Waals surface area contributed by atoms with Gasteiger partial charge in [0.2, 0.25) is 0 Å². The Bertz CT molecular complexity index is 1020. The molecule has 0 aliphatic heterocycles. The van der Waals surface area contributed by atoms with Gasteiger partial charge in [0.25, 0.3) is 5.91 Å². The van der Waals surface area contributed by atoms with Crippen molar-refractivity contribution >= 4 is 39.2 Å². The van der Waals surface area contributed by atoms with Crippen LogP contribution in [0.25, 0.3) is 10.2 Å². The molecule has 26 heavy (non-hydrogen) atoms. The van der Waals surface area contributed by atoms with Crippen molar-refractivity contribution in [3.63, 3.8) is 0 Å². The van der Waals surface area contributed by atoms with E-state index in [-0.39, 0.29) is 18.1 Å². The van der Waals surface area contributed by atoms with E-state index in [0.29, 0.717) is 4.80 Å². The second kappa shape index (κ2) is 8.18. The minimum absolute atomic E-state index is 0.182. The maximum absolute atomic E-state index is 13.5. The van der Waals surface area contributed by atoms with Gasteiger partial charge in [0.1, 0.15) is 5.82 Å². The van der Waals surface area contributed by atoms with E-state index < -0.39 is 0 Å². The Balaban J connectivity index is 1.96. The molecule has 0 spiro atoms. The van der Waals surface area contributed by atoms with Gasteiger partial charge in [-0.3, -0.25) is 4.79 Å². The van der Waals surface area contributed by atoms with Crippen LogP contribution < -0.4 is 4.80 Å². The average molecular weight is 389 g/mol. The molecule has 0 saturated heterocycles. The van der Waals surface area contributed by atoms with Crippen LogP contribution in [-0.4, -0.2) is 22.5 Å². The molecule has 0 aliphatic carbocycles. The van der Waals surface area contributed by atoms with Gasteiger partial charge in [0.05, 0.1) is 16.6 Å². The fourth-order valence-electron chi connectivity index (χ4n) is 2.77. The number of carbonyl (C=O) groups is 1. The number of amides is 1. The zero-order valence-electron chi connectivity index (χ0n) is 15.1. The summed E-state index contributed by atoms with van der Waals surface area (Å²) in [6, 6.07) is 10.7. The van der Waals surface area contributed by atoms with Gasteiger partial charge in [-0.2, -0.15) is 16.8 Å². The molecule has 0 unspecified atom stereocenters. The van der Waals surface area contributed by atoms with Crippen LogP contribution in [0, 0.1) is 19.7 Å². The Hall–Kier alpha value is -1.92. The zero-order chi connectivity index (χ0) is 18.7. The van der Waals surface area contributed by atoms with Gasteiger partial charge in [-0.25, -0.2) is 4.39 Å². The average Bonchev–Trinajstić information content (AvgIpc) is 2.92. The third kappa shape index (κ3) is 4.24. The number of thiazole rings is 1. The second-order valence-electron chi connectivity index (χ2n) is 6.24. The van der Waals surface area contributed by atoms with E-state index in [1.165, 1.54) is 34.6 Å². The Kier molecular flexibility index (Phi) is 5.94. The Labute approximate surface area is 160 Å². The molecule has 0 bridgehead atoms. The molecule has 0 fully saturated rings. The number of aryl methyl sites for hydroxylation is 3. The molecule has 6 heteroatoms. The maximum atomic E-state index is 13.5. The number of carbonyl (C=O) groups excluding carboxylic acids is 1. The number of rotatable bonds is 5. The molecule has 0 N–H and O–H groups in total. The van der Waals surface area contributed by atoms with E-state index in [4.69, 9.17) is 0 Å². The summed E-state index contributed by atoms with van der Waals surface area (Å²) < 4.78 is 16.4. The van der Waals surface area contributed by atoms with Crippen LogP contribution in [0.2, 0.25) is 0 Å². The number of hydrogen-bond donors (Lipinski definition) is 0. The smallest absolute Gasteiger partial charge is 0.252 e. The van der Waals surface area contributed by atoms with Crippen molar-refractivity contribution in [2.45, 2.75) is 26.8 Å². The Morgan fingerprint density at radius 2 is 2.00 bits per heavy atom. The van der Waals surface area contributed by atoms with Crippen LogP contribution in [0.3, 0.4) is 0 Å². The number of hydrogen-bond acceptors (Lipinski definition) is 3. The minimum Gasteiger partial charge on any atom is -0.316 e. The lowest BCUT2D eigenvalue weighted by molar-refractivity contribution is -0.117. The molecule has 1 heterocycles. The summed E-state index contributed by atoms with van der Waals surface area (Å²) in [7, 11) is 0. The van der Waals surface area contributed by atoms with Crippen LogP contribution in [0.15, 0.2) is 41.4 Å². The van der Waals surface area contributed by atoms with Gasteiger partial charge in [0.15, 0.2) is 4.80 Å². The molecule has 136 valence electrons. The Morgan fingerprint density at radius 1 is 1.19 bits per heavy atom. The second-order valence-corrected chi connectivity index (χ2v) is 8.24. The Morgan fingerprint density at radius 3 is 2.73 bits per heavy atom. The van der Waals surface area contributed by atoms with E-state index in [0.717, 1.165) is 28.1 Å². The molecule has 1 amide bonds. The summed E-state index contributed by atoms with van der Waals surface area (Å²) in [6.07, 6.45) is 2.31. The number of aromatic nitrogens is 1. The van der Waals surface area contributed by atoms with Crippen LogP contribution >= 0.6 is 23.1 Å². The predicted molar refractivity (Wildman–Crippen MR) is 108 cm³/mol. The first-order valence-electron chi connectivity index (χ1n) is 8.39. The quantitative estimate of drug-likeness (QED) is 0.645. The number of thioether (sulfide) groups is 1. The summed E-state index contributed by atoms with van der Waals surface area (Å²) in [4.78, 5) is 17.5. The summed E-state index contributed by atoms with van der Waals surface area (Å²) >= 11 is 3.09. The first-order chi connectivity index (χ1) is 12.5. The molecule has 3 rings (SSSR count). The molecule has 0 saturated carbocycles. The van der Waals surface area contributed by atoms with Crippen molar-refractivity contribution < 1.29 is 9.18 Å². The highest BCUT2D eigenvalue weighted by Crippen LogP contribution is 2.19. The molecule has 3 aromatic rings. The van der Waals surface area contributed by atoms with Crippen LogP contribution in [0.1, 0.15) is 16.7 Å². The highest BCUT2D eigenvalue weighted by Gasteiger charge is 2.09. The molecule has 3 nitrogen and oxygen atoms in total. The van der Waals surface area contributed by atoms with Crippen molar-refractivity contribution in [1.29, 1.82) is 0 Å². The number of fused-ring (bicyclic) bond motifs is 1. The lowest BCUT2D eigenvalue weighted by Gasteiger charge is -2.04. The fourth-order valence-corrected chi connectivity index (χ4v) is 4.23. The van der Waals surface area contributed by atoms with Crippen molar-refractivity contribution in [3.8, 4) is 0 Å². The van der Waals surface area contributed by atoms with E-state index in [1.807, 2.05) is 35.9 Å². The van der Waals surface area contributed by atoms with E-state index in [9.17, 15) is 9.18 Å². The lowest BCUT2D eigenvalue weighted by Crippen LogP contribution is -2.18. The summed E-state index contributed by atoms with van der Waals surface area (Å²) in [5.74, 6) is 0.448. The molecule has 2 aromatic carbocycles. The van der Waals surface area contributed by atoms with Crippen molar-refractivity contribution in [3.05, 3.63) is 63.7 Å². The topological polar surface area (TPSA) is 34.4 Å². The van der Waals surface area contributed by atoms with E-state index in [2.05, 4.69) is 11.9 Å². The molecular formula is C20H21FN2OS2. The fraction of sp³-hybridized carbons (Fsp3) is 0.300. The monoisotopic (exact) mass is 388 g/mol. The lowest BCUT2D eigenvalue weighted by atomic mass is 10.0. The van der Waals surface area contributed by atoms with E-state index >= 15 is 0 Å². The van der Waals surface area contributed by atoms with Gasteiger partial charge in [-0.1, -0.05) is 29.5 Å². The summed E-state index contributed by atoms with van der Waals surface area (Å²) in [5.41, 5.74) is 4.26. The van der Waals surface area contributed by atoms with Crippen molar-refractivity contribution in [1.82, 2.24) is 4.57 Å². The summed E-state index contributed by atoms with van der Waals surface area (Å²) in [6.45, 7) is 4.83. The maximum Gasteiger partial charge on any atom is 0.252 e. The zero-order valence-corrected chi connectivity index (χ0v) is 16.7. The third-order valence-corrected chi connectivity index (χ3v) is 5.94. The number of halogens is 1. The first kappa shape index (κ1) is 18.9. The van der Waals surface area contributed by atoms with Crippen LogP contribution in [-0.2, 0) is 17.8 Å². The van der Waals surface area contributed by atoms with Gasteiger partial charge in [0, 0.05) is 12.3 Å². The minimum atomic E-state index is -0.274. The molecule has 0 aliphatic rings. The number of benzene rings is 2. The highest BCUT2D eigenvalue weighted by atomic mass is 32.2. The highest BCUT2D eigenvalue weighted by molar-refractivity contribution is 7.98. The summed E-state index contributed by atoms with van der Waals surface area (Å²) in [5, 5.41) is 0. The van der Waals surface area contributed by atoms with Gasteiger partial charge in [-0.15, -0.1) is 0 Å². The SMILES string of the molecule is CSCCn1c(=NC(=O)Cc2ccc(C)c(C)c2)sc2cc(F)ccc21.